The molecule has 0 heterocycles. The molecule has 2 N–H and O–H groups in total. The lowest BCUT2D eigenvalue weighted by Gasteiger charge is -2.08. The SMILES string of the molecule is CC(C)CCCCCCCCCC(=O)NCCCCCCCCCCCCCCOCCNC(C)C. The standard InChI is InChI=1S/C32H66N2O2/c1-30(2)24-20-16-12-11-13-17-21-25-32(35)34-26-22-18-14-9-7-5-6-8-10-15-19-23-28-36-29-27-33-31(3)4/h30-31,33H,5-29H2,1-4H3,(H,34,35). The second kappa shape index (κ2) is 29.0. The molecule has 0 aromatic carbocycles. The largest absolute Gasteiger partial charge is 0.380 e. The van der Waals surface area contributed by atoms with Gasteiger partial charge in [0.1, 0.15) is 0 Å². The van der Waals surface area contributed by atoms with Crippen LogP contribution in [-0.2, 0) is 9.53 Å². The van der Waals surface area contributed by atoms with E-state index in [-0.39, 0.29) is 5.91 Å². The van der Waals surface area contributed by atoms with E-state index in [4.69, 9.17) is 4.74 Å². The molecule has 0 aliphatic heterocycles. The Morgan fingerprint density at radius 2 is 1.03 bits per heavy atom. The first-order valence-electron chi connectivity index (χ1n) is 16.1. The predicted molar refractivity (Wildman–Crippen MR) is 159 cm³/mol. The summed E-state index contributed by atoms with van der Waals surface area (Å²) in [6.07, 6.45) is 27.0. The summed E-state index contributed by atoms with van der Waals surface area (Å²) in [4.78, 5) is 12.0. The molecule has 36 heavy (non-hydrogen) atoms. The number of unbranched alkanes of at least 4 members (excludes halogenated alkanes) is 17. The van der Waals surface area contributed by atoms with E-state index in [1.807, 2.05) is 0 Å². The number of ether oxygens (including phenoxy) is 1. The van der Waals surface area contributed by atoms with E-state index in [0.717, 1.165) is 51.5 Å². The van der Waals surface area contributed by atoms with Gasteiger partial charge >= 0.3 is 0 Å². The monoisotopic (exact) mass is 511 g/mol. The van der Waals surface area contributed by atoms with Crippen LogP contribution in [0.5, 0.6) is 0 Å². The Labute approximate surface area is 226 Å². The summed E-state index contributed by atoms with van der Waals surface area (Å²) >= 11 is 0. The highest BCUT2D eigenvalue weighted by molar-refractivity contribution is 5.75. The zero-order valence-electron chi connectivity index (χ0n) is 25.1. The smallest absolute Gasteiger partial charge is 0.219 e. The van der Waals surface area contributed by atoms with Gasteiger partial charge in [-0.05, 0) is 25.2 Å². The zero-order valence-corrected chi connectivity index (χ0v) is 25.1. The molecule has 0 aliphatic carbocycles. The van der Waals surface area contributed by atoms with E-state index < -0.39 is 0 Å². The van der Waals surface area contributed by atoms with E-state index in [1.165, 1.54) is 116 Å². The van der Waals surface area contributed by atoms with Crippen molar-refractivity contribution in [1.29, 1.82) is 0 Å². The molecular formula is C32H66N2O2. The van der Waals surface area contributed by atoms with Crippen molar-refractivity contribution in [1.82, 2.24) is 10.6 Å². The van der Waals surface area contributed by atoms with Crippen LogP contribution in [0, 0.1) is 5.92 Å². The molecule has 0 unspecified atom stereocenters. The van der Waals surface area contributed by atoms with Crippen molar-refractivity contribution >= 4 is 5.91 Å². The van der Waals surface area contributed by atoms with E-state index in [9.17, 15) is 4.79 Å². The molecule has 0 rings (SSSR count). The van der Waals surface area contributed by atoms with Gasteiger partial charge in [0, 0.05) is 32.2 Å². The quantitative estimate of drug-likeness (QED) is 0.0987. The number of hydrogen-bond donors (Lipinski definition) is 2. The zero-order chi connectivity index (χ0) is 26.5. The maximum Gasteiger partial charge on any atom is 0.219 e. The fourth-order valence-electron chi connectivity index (χ4n) is 4.66. The molecule has 0 saturated carbocycles. The summed E-state index contributed by atoms with van der Waals surface area (Å²) < 4.78 is 5.66. The molecule has 0 aliphatic rings. The van der Waals surface area contributed by atoms with Crippen LogP contribution in [0.2, 0.25) is 0 Å². The van der Waals surface area contributed by atoms with Gasteiger partial charge in [-0.1, -0.05) is 137 Å². The van der Waals surface area contributed by atoms with Crippen LogP contribution >= 0.6 is 0 Å². The average Bonchev–Trinajstić information content (AvgIpc) is 2.84. The third-order valence-corrected chi connectivity index (χ3v) is 7.02. The molecule has 0 bridgehead atoms. The van der Waals surface area contributed by atoms with Crippen molar-refractivity contribution in [2.75, 3.05) is 26.3 Å². The Balaban J connectivity index is 3.14. The van der Waals surface area contributed by atoms with Crippen molar-refractivity contribution in [3.05, 3.63) is 0 Å². The Morgan fingerprint density at radius 3 is 1.56 bits per heavy atom. The highest BCUT2D eigenvalue weighted by Gasteiger charge is 2.01. The predicted octanol–water partition coefficient (Wildman–Crippen LogP) is 8.97. The number of nitrogens with one attached hydrogen (secondary N) is 2. The van der Waals surface area contributed by atoms with Crippen LogP contribution in [0.15, 0.2) is 0 Å². The molecule has 1 amide bonds. The minimum atomic E-state index is 0.262. The molecule has 0 fully saturated rings. The molecule has 4 heteroatoms. The Hall–Kier alpha value is -0.610. The summed E-state index contributed by atoms with van der Waals surface area (Å²) in [6, 6.07) is 0.552. The van der Waals surface area contributed by atoms with Crippen LogP contribution in [0.1, 0.15) is 163 Å². The number of carbonyl (C=O) groups excluding carboxylic acids is 1. The summed E-state index contributed by atoms with van der Waals surface area (Å²) in [5.74, 6) is 1.11. The highest BCUT2D eigenvalue weighted by Crippen LogP contribution is 2.13. The highest BCUT2D eigenvalue weighted by atomic mass is 16.5. The van der Waals surface area contributed by atoms with Crippen LogP contribution in [0.4, 0.5) is 0 Å². The van der Waals surface area contributed by atoms with Crippen molar-refractivity contribution in [3.8, 4) is 0 Å². The average molecular weight is 511 g/mol. The molecule has 0 aromatic heterocycles. The number of rotatable bonds is 29. The number of amides is 1. The Kier molecular flexibility index (Phi) is 28.5. The van der Waals surface area contributed by atoms with Gasteiger partial charge in [-0.2, -0.15) is 0 Å². The van der Waals surface area contributed by atoms with Gasteiger partial charge < -0.3 is 15.4 Å². The van der Waals surface area contributed by atoms with Gasteiger partial charge in [0.05, 0.1) is 6.61 Å². The Bertz CT molecular complexity index is 440. The van der Waals surface area contributed by atoms with Gasteiger partial charge in [0.15, 0.2) is 0 Å². The van der Waals surface area contributed by atoms with Crippen molar-refractivity contribution in [3.63, 3.8) is 0 Å². The van der Waals surface area contributed by atoms with Crippen LogP contribution < -0.4 is 10.6 Å². The van der Waals surface area contributed by atoms with Crippen molar-refractivity contribution < 1.29 is 9.53 Å². The molecule has 0 radical (unpaired) electrons. The summed E-state index contributed by atoms with van der Waals surface area (Å²) in [5, 5.41) is 6.50. The van der Waals surface area contributed by atoms with E-state index >= 15 is 0 Å². The van der Waals surface area contributed by atoms with Crippen LogP contribution in [0.3, 0.4) is 0 Å². The summed E-state index contributed by atoms with van der Waals surface area (Å²) in [7, 11) is 0. The lowest BCUT2D eigenvalue weighted by atomic mass is 10.0. The van der Waals surface area contributed by atoms with Crippen molar-refractivity contribution in [2.24, 2.45) is 5.92 Å². The van der Waals surface area contributed by atoms with Gasteiger partial charge in [-0.25, -0.2) is 0 Å². The molecule has 0 spiro atoms. The second-order valence-corrected chi connectivity index (χ2v) is 11.7. The van der Waals surface area contributed by atoms with E-state index in [2.05, 4.69) is 38.3 Å². The van der Waals surface area contributed by atoms with Gasteiger partial charge in [-0.3, -0.25) is 4.79 Å². The molecule has 0 saturated heterocycles. The third kappa shape index (κ3) is 31.4. The molecule has 4 nitrogen and oxygen atoms in total. The first-order valence-corrected chi connectivity index (χ1v) is 16.1. The fraction of sp³-hybridized carbons (Fsp3) is 0.969. The minimum Gasteiger partial charge on any atom is -0.380 e. The first kappa shape index (κ1) is 35.4. The second-order valence-electron chi connectivity index (χ2n) is 11.7. The third-order valence-electron chi connectivity index (χ3n) is 7.02. The van der Waals surface area contributed by atoms with E-state index in [1.54, 1.807) is 0 Å². The number of carbonyl (C=O) groups is 1. The van der Waals surface area contributed by atoms with E-state index in [0.29, 0.717) is 6.04 Å². The minimum absolute atomic E-state index is 0.262. The normalized spacial score (nSPS) is 11.6. The summed E-state index contributed by atoms with van der Waals surface area (Å²) in [5.41, 5.74) is 0. The molecule has 216 valence electrons. The lowest BCUT2D eigenvalue weighted by Crippen LogP contribution is -2.26. The lowest BCUT2D eigenvalue weighted by molar-refractivity contribution is -0.121. The van der Waals surface area contributed by atoms with Gasteiger partial charge in [-0.15, -0.1) is 0 Å². The topological polar surface area (TPSA) is 50.4 Å². The maximum absolute atomic E-state index is 12.0. The van der Waals surface area contributed by atoms with Crippen LogP contribution in [0.25, 0.3) is 0 Å². The molecular weight excluding hydrogens is 444 g/mol. The summed E-state index contributed by atoms with van der Waals surface area (Å²) in [6.45, 7) is 12.6. The van der Waals surface area contributed by atoms with Gasteiger partial charge in [0.2, 0.25) is 5.91 Å². The van der Waals surface area contributed by atoms with Gasteiger partial charge in [0.25, 0.3) is 0 Å². The van der Waals surface area contributed by atoms with Crippen LogP contribution in [-0.4, -0.2) is 38.3 Å². The van der Waals surface area contributed by atoms with Crippen molar-refractivity contribution in [2.45, 2.75) is 169 Å². The number of hydrogen-bond acceptors (Lipinski definition) is 3. The Morgan fingerprint density at radius 1 is 0.556 bits per heavy atom. The maximum atomic E-state index is 12.0. The fourth-order valence-corrected chi connectivity index (χ4v) is 4.66. The molecule has 0 atom stereocenters. The molecule has 0 aromatic rings. The first-order chi connectivity index (χ1) is 17.5.